The maximum atomic E-state index is 12.6. The molecule has 1 aliphatic rings. The third-order valence-corrected chi connectivity index (χ3v) is 4.95. The first-order chi connectivity index (χ1) is 13.2. The topological polar surface area (TPSA) is 68.5 Å². The molecule has 0 bridgehead atoms. The van der Waals surface area contributed by atoms with E-state index < -0.39 is 0 Å². The SMILES string of the molecule is CCOc1ccccc1N1CC(c2nc(-c3cccc(Br)c3)no2)CC1=O. The number of rotatable bonds is 5. The van der Waals surface area contributed by atoms with Gasteiger partial charge in [0.15, 0.2) is 0 Å². The van der Waals surface area contributed by atoms with Gasteiger partial charge in [-0.1, -0.05) is 45.4 Å². The predicted octanol–water partition coefficient (Wildman–Crippen LogP) is 4.42. The van der Waals surface area contributed by atoms with Gasteiger partial charge in [0, 0.05) is 23.0 Å². The Kier molecular flexibility index (Phi) is 4.94. The minimum atomic E-state index is -0.138. The van der Waals surface area contributed by atoms with E-state index in [0.29, 0.717) is 37.0 Å². The molecule has 1 saturated heterocycles. The highest BCUT2D eigenvalue weighted by Gasteiger charge is 2.36. The number of hydrogen-bond acceptors (Lipinski definition) is 5. The van der Waals surface area contributed by atoms with Crippen LogP contribution in [-0.2, 0) is 4.79 Å². The monoisotopic (exact) mass is 427 g/mol. The van der Waals surface area contributed by atoms with Crippen LogP contribution in [0.1, 0.15) is 25.2 Å². The number of carbonyl (C=O) groups is 1. The number of amides is 1. The van der Waals surface area contributed by atoms with Gasteiger partial charge in [-0.2, -0.15) is 4.98 Å². The predicted molar refractivity (Wildman–Crippen MR) is 105 cm³/mol. The Morgan fingerprint density at radius 2 is 2.11 bits per heavy atom. The fraction of sp³-hybridized carbons (Fsp3) is 0.250. The van der Waals surface area contributed by atoms with Crippen LogP contribution in [0.5, 0.6) is 5.75 Å². The number of anilines is 1. The molecule has 2 aromatic carbocycles. The first-order valence-electron chi connectivity index (χ1n) is 8.77. The Morgan fingerprint density at radius 3 is 2.93 bits per heavy atom. The average Bonchev–Trinajstić information content (AvgIpc) is 3.29. The summed E-state index contributed by atoms with van der Waals surface area (Å²) in [7, 11) is 0. The van der Waals surface area contributed by atoms with E-state index in [0.717, 1.165) is 15.7 Å². The zero-order chi connectivity index (χ0) is 18.8. The molecule has 0 aliphatic carbocycles. The van der Waals surface area contributed by atoms with Crippen LogP contribution < -0.4 is 9.64 Å². The lowest BCUT2D eigenvalue weighted by Gasteiger charge is -2.19. The number of para-hydroxylation sites is 2. The van der Waals surface area contributed by atoms with E-state index in [1.165, 1.54) is 0 Å². The summed E-state index contributed by atoms with van der Waals surface area (Å²) in [6, 6.07) is 15.3. The van der Waals surface area contributed by atoms with Gasteiger partial charge in [0.25, 0.3) is 0 Å². The molecular weight excluding hydrogens is 410 g/mol. The molecule has 1 aromatic heterocycles. The van der Waals surface area contributed by atoms with Gasteiger partial charge in [0.2, 0.25) is 17.6 Å². The highest BCUT2D eigenvalue weighted by Crippen LogP contribution is 2.36. The van der Waals surface area contributed by atoms with Gasteiger partial charge in [0.1, 0.15) is 5.75 Å². The first-order valence-corrected chi connectivity index (χ1v) is 9.56. The molecule has 1 aliphatic heterocycles. The number of aromatic nitrogens is 2. The van der Waals surface area contributed by atoms with E-state index in [4.69, 9.17) is 9.26 Å². The number of ether oxygens (including phenoxy) is 1. The Morgan fingerprint density at radius 1 is 1.26 bits per heavy atom. The highest BCUT2D eigenvalue weighted by molar-refractivity contribution is 9.10. The molecular formula is C20H18BrN3O3. The summed E-state index contributed by atoms with van der Waals surface area (Å²) in [6.07, 6.45) is 0.334. The van der Waals surface area contributed by atoms with E-state index >= 15 is 0 Å². The zero-order valence-electron chi connectivity index (χ0n) is 14.8. The number of benzene rings is 2. The zero-order valence-corrected chi connectivity index (χ0v) is 16.3. The maximum absolute atomic E-state index is 12.6. The molecule has 4 rings (SSSR count). The van der Waals surface area contributed by atoms with E-state index in [-0.39, 0.29) is 11.8 Å². The molecule has 27 heavy (non-hydrogen) atoms. The average molecular weight is 428 g/mol. The standard InChI is InChI=1S/C20H18BrN3O3/c1-2-26-17-9-4-3-8-16(17)24-12-14(11-18(24)25)20-22-19(23-27-20)13-6-5-7-15(21)10-13/h3-10,14H,2,11-12H2,1H3. The summed E-state index contributed by atoms with van der Waals surface area (Å²) >= 11 is 3.44. The van der Waals surface area contributed by atoms with Crippen molar-refractivity contribution in [3.63, 3.8) is 0 Å². The van der Waals surface area contributed by atoms with Crippen molar-refractivity contribution < 1.29 is 14.1 Å². The minimum Gasteiger partial charge on any atom is -0.492 e. The molecule has 6 nitrogen and oxygen atoms in total. The van der Waals surface area contributed by atoms with Crippen LogP contribution in [0.25, 0.3) is 11.4 Å². The quantitative estimate of drug-likeness (QED) is 0.602. The fourth-order valence-corrected chi connectivity index (χ4v) is 3.61. The van der Waals surface area contributed by atoms with Gasteiger partial charge in [-0.3, -0.25) is 4.79 Å². The van der Waals surface area contributed by atoms with E-state index in [2.05, 4.69) is 26.1 Å². The smallest absolute Gasteiger partial charge is 0.232 e. The number of nitrogens with zero attached hydrogens (tertiary/aromatic N) is 3. The molecule has 1 amide bonds. The van der Waals surface area contributed by atoms with Crippen molar-refractivity contribution in [2.45, 2.75) is 19.3 Å². The van der Waals surface area contributed by atoms with Gasteiger partial charge in [-0.05, 0) is 31.2 Å². The summed E-state index contributed by atoms with van der Waals surface area (Å²) in [5, 5.41) is 4.08. The molecule has 0 N–H and O–H groups in total. The van der Waals surface area contributed by atoms with E-state index in [1.807, 2.05) is 55.5 Å². The Hall–Kier alpha value is -2.67. The fourth-order valence-electron chi connectivity index (χ4n) is 3.21. The molecule has 2 heterocycles. The third-order valence-electron chi connectivity index (χ3n) is 4.45. The number of hydrogen-bond donors (Lipinski definition) is 0. The van der Waals surface area contributed by atoms with Gasteiger partial charge in [-0.25, -0.2) is 0 Å². The number of halogens is 1. The van der Waals surface area contributed by atoms with Crippen LogP contribution in [-0.4, -0.2) is 29.2 Å². The highest BCUT2D eigenvalue weighted by atomic mass is 79.9. The minimum absolute atomic E-state index is 0.0226. The van der Waals surface area contributed by atoms with E-state index in [9.17, 15) is 4.79 Å². The summed E-state index contributed by atoms with van der Waals surface area (Å²) in [5.41, 5.74) is 1.64. The van der Waals surface area contributed by atoms with E-state index in [1.54, 1.807) is 4.90 Å². The van der Waals surface area contributed by atoms with Crippen molar-refractivity contribution in [3.8, 4) is 17.1 Å². The van der Waals surface area contributed by atoms with Crippen LogP contribution in [0.4, 0.5) is 5.69 Å². The van der Waals surface area contributed by atoms with Crippen LogP contribution in [0.15, 0.2) is 57.5 Å². The first kappa shape index (κ1) is 17.7. The van der Waals surface area contributed by atoms with Crippen LogP contribution in [0.3, 0.4) is 0 Å². The van der Waals surface area contributed by atoms with Crippen molar-refractivity contribution in [2.75, 3.05) is 18.1 Å². The van der Waals surface area contributed by atoms with Crippen LogP contribution >= 0.6 is 15.9 Å². The summed E-state index contributed by atoms with van der Waals surface area (Å²) in [6.45, 7) is 2.96. The van der Waals surface area contributed by atoms with Crippen molar-refractivity contribution in [2.24, 2.45) is 0 Å². The lowest BCUT2D eigenvalue weighted by molar-refractivity contribution is -0.117. The van der Waals surface area contributed by atoms with Gasteiger partial charge in [0.05, 0.1) is 18.2 Å². The lowest BCUT2D eigenvalue weighted by Crippen LogP contribution is -2.25. The molecule has 138 valence electrons. The van der Waals surface area contributed by atoms with Crippen LogP contribution in [0.2, 0.25) is 0 Å². The summed E-state index contributed by atoms with van der Waals surface area (Å²) < 4.78 is 12.1. The number of carbonyl (C=O) groups excluding carboxylic acids is 1. The normalized spacial score (nSPS) is 16.7. The molecule has 0 radical (unpaired) electrons. The molecule has 0 saturated carbocycles. The third kappa shape index (κ3) is 3.60. The van der Waals surface area contributed by atoms with Crippen molar-refractivity contribution in [3.05, 3.63) is 58.9 Å². The van der Waals surface area contributed by atoms with Gasteiger partial charge < -0.3 is 14.2 Å². The maximum Gasteiger partial charge on any atom is 0.232 e. The van der Waals surface area contributed by atoms with Crippen molar-refractivity contribution in [1.82, 2.24) is 10.1 Å². The molecule has 0 spiro atoms. The second-order valence-electron chi connectivity index (χ2n) is 6.27. The van der Waals surface area contributed by atoms with Gasteiger partial charge >= 0.3 is 0 Å². The Balaban J connectivity index is 1.57. The molecule has 1 fully saturated rings. The lowest BCUT2D eigenvalue weighted by atomic mass is 10.1. The summed E-state index contributed by atoms with van der Waals surface area (Å²) in [5.74, 6) is 1.59. The van der Waals surface area contributed by atoms with Crippen molar-refractivity contribution >= 4 is 27.5 Å². The Labute approximate surface area is 165 Å². The molecule has 1 atom stereocenters. The van der Waals surface area contributed by atoms with Gasteiger partial charge in [-0.15, -0.1) is 0 Å². The Bertz CT molecular complexity index is 972. The largest absolute Gasteiger partial charge is 0.492 e. The second-order valence-corrected chi connectivity index (χ2v) is 7.19. The molecule has 7 heteroatoms. The summed E-state index contributed by atoms with van der Waals surface area (Å²) in [4.78, 5) is 18.9. The molecule has 1 unspecified atom stereocenters. The second kappa shape index (κ2) is 7.52. The van der Waals surface area contributed by atoms with Crippen molar-refractivity contribution in [1.29, 1.82) is 0 Å². The molecule has 3 aromatic rings. The van der Waals surface area contributed by atoms with Crippen LogP contribution in [0, 0.1) is 0 Å².